The Morgan fingerprint density at radius 1 is 0.857 bits per heavy atom. The highest BCUT2D eigenvalue weighted by molar-refractivity contribution is 5.87. The van der Waals surface area contributed by atoms with Crippen molar-refractivity contribution in [3.8, 4) is 0 Å². The van der Waals surface area contributed by atoms with E-state index in [4.69, 9.17) is 10.2 Å². The van der Waals surface area contributed by atoms with Crippen LogP contribution in [0.1, 0.15) is 39.8 Å². The second-order valence-corrected chi connectivity index (χ2v) is 5.75. The lowest BCUT2D eigenvalue weighted by Crippen LogP contribution is -2.15. The minimum Gasteiger partial charge on any atom is -0.466 e. The first kappa shape index (κ1) is 13.9. The second kappa shape index (κ2) is 5.05. The summed E-state index contributed by atoms with van der Waals surface area (Å²) in [6.45, 7) is 8.20. The molecular formula is C19H21NO. The van der Waals surface area contributed by atoms with E-state index in [9.17, 15) is 0 Å². The average Bonchev–Trinajstić information content (AvgIpc) is 2.71. The minimum atomic E-state index is -0.159. The maximum atomic E-state index is 6.64. The van der Waals surface area contributed by atoms with Crippen molar-refractivity contribution < 1.29 is 4.42 Å². The van der Waals surface area contributed by atoms with Crippen molar-refractivity contribution in [2.75, 3.05) is 0 Å². The van der Waals surface area contributed by atoms with E-state index in [1.807, 2.05) is 13.8 Å². The van der Waals surface area contributed by atoms with Crippen LogP contribution in [0.2, 0.25) is 0 Å². The summed E-state index contributed by atoms with van der Waals surface area (Å²) in [6.07, 6.45) is 0. The molecule has 0 saturated carbocycles. The molecule has 2 heteroatoms. The molecule has 108 valence electrons. The molecule has 3 aromatic rings. The number of hydrogen-bond acceptors (Lipinski definition) is 2. The van der Waals surface area contributed by atoms with Crippen LogP contribution < -0.4 is 5.73 Å². The van der Waals surface area contributed by atoms with Gasteiger partial charge in [-0.1, -0.05) is 36.4 Å². The van der Waals surface area contributed by atoms with E-state index >= 15 is 0 Å². The normalized spacial score (nSPS) is 12.8. The van der Waals surface area contributed by atoms with Gasteiger partial charge in [0.05, 0.1) is 6.04 Å². The molecule has 0 spiro atoms. The summed E-state index contributed by atoms with van der Waals surface area (Å²) >= 11 is 0. The molecule has 2 nitrogen and oxygen atoms in total. The van der Waals surface area contributed by atoms with Crippen LogP contribution in [-0.2, 0) is 0 Å². The zero-order valence-corrected chi connectivity index (χ0v) is 13.0. The standard InChI is InChI=1S/C19H21NO/c1-11-9-10-15-7-5-6-8-16(15)17(11)19(20)18-12(2)13(3)21-14(18)4/h5-10,19H,20H2,1-4H3. The van der Waals surface area contributed by atoms with Gasteiger partial charge in [-0.25, -0.2) is 0 Å². The Morgan fingerprint density at radius 2 is 1.57 bits per heavy atom. The third kappa shape index (κ3) is 2.16. The lowest BCUT2D eigenvalue weighted by molar-refractivity contribution is 0.498. The predicted octanol–water partition coefficient (Wildman–Crippen LogP) is 4.71. The third-order valence-corrected chi connectivity index (χ3v) is 4.43. The van der Waals surface area contributed by atoms with Gasteiger partial charge in [0, 0.05) is 5.56 Å². The zero-order chi connectivity index (χ0) is 15.1. The molecule has 3 rings (SSSR count). The topological polar surface area (TPSA) is 39.2 Å². The van der Waals surface area contributed by atoms with Gasteiger partial charge >= 0.3 is 0 Å². The molecule has 2 N–H and O–H groups in total. The molecule has 0 aliphatic carbocycles. The fraction of sp³-hybridized carbons (Fsp3) is 0.263. The summed E-state index contributed by atoms with van der Waals surface area (Å²) in [4.78, 5) is 0. The van der Waals surface area contributed by atoms with Crippen molar-refractivity contribution in [3.05, 3.63) is 70.2 Å². The maximum absolute atomic E-state index is 6.64. The first-order chi connectivity index (χ1) is 10.0. The number of benzene rings is 2. The summed E-state index contributed by atoms with van der Waals surface area (Å²) in [5.41, 5.74) is 11.3. The highest BCUT2D eigenvalue weighted by atomic mass is 16.3. The van der Waals surface area contributed by atoms with Crippen molar-refractivity contribution in [2.45, 2.75) is 33.7 Å². The van der Waals surface area contributed by atoms with Crippen LogP contribution in [0.15, 0.2) is 40.8 Å². The number of aryl methyl sites for hydroxylation is 3. The summed E-state index contributed by atoms with van der Waals surface area (Å²) < 4.78 is 5.76. The summed E-state index contributed by atoms with van der Waals surface area (Å²) in [6, 6.07) is 12.6. The van der Waals surface area contributed by atoms with E-state index in [1.165, 1.54) is 21.9 Å². The van der Waals surface area contributed by atoms with E-state index in [-0.39, 0.29) is 6.04 Å². The van der Waals surface area contributed by atoms with Gasteiger partial charge in [0.2, 0.25) is 0 Å². The summed E-state index contributed by atoms with van der Waals surface area (Å²) in [5.74, 6) is 1.88. The number of rotatable bonds is 2. The zero-order valence-electron chi connectivity index (χ0n) is 13.0. The molecule has 0 aliphatic rings. The molecule has 1 aromatic heterocycles. The first-order valence-electron chi connectivity index (χ1n) is 7.31. The highest BCUT2D eigenvalue weighted by Gasteiger charge is 2.22. The smallest absolute Gasteiger partial charge is 0.106 e. The van der Waals surface area contributed by atoms with Crippen LogP contribution >= 0.6 is 0 Å². The Labute approximate surface area is 125 Å². The molecule has 0 amide bonds. The Balaban J connectivity index is 2.27. The molecule has 21 heavy (non-hydrogen) atoms. The van der Waals surface area contributed by atoms with Crippen LogP contribution in [0.3, 0.4) is 0 Å². The van der Waals surface area contributed by atoms with E-state index < -0.39 is 0 Å². The fourth-order valence-corrected chi connectivity index (χ4v) is 3.23. The average molecular weight is 279 g/mol. The Kier molecular flexibility index (Phi) is 3.34. The molecular weight excluding hydrogens is 258 g/mol. The third-order valence-electron chi connectivity index (χ3n) is 4.43. The molecule has 0 aliphatic heterocycles. The molecule has 1 atom stereocenters. The number of hydrogen-bond donors (Lipinski definition) is 1. The summed E-state index contributed by atoms with van der Waals surface area (Å²) in [7, 11) is 0. The predicted molar refractivity (Wildman–Crippen MR) is 87.6 cm³/mol. The maximum Gasteiger partial charge on any atom is 0.106 e. The van der Waals surface area contributed by atoms with E-state index in [1.54, 1.807) is 0 Å². The number of nitrogens with two attached hydrogens (primary N) is 1. The van der Waals surface area contributed by atoms with Gasteiger partial charge in [0.15, 0.2) is 0 Å². The highest BCUT2D eigenvalue weighted by Crippen LogP contribution is 2.35. The van der Waals surface area contributed by atoms with Crippen molar-refractivity contribution in [3.63, 3.8) is 0 Å². The van der Waals surface area contributed by atoms with Gasteiger partial charge in [0.1, 0.15) is 11.5 Å². The van der Waals surface area contributed by atoms with Gasteiger partial charge in [-0.05, 0) is 55.2 Å². The van der Waals surface area contributed by atoms with E-state index in [0.29, 0.717) is 0 Å². The van der Waals surface area contributed by atoms with Crippen molar-refractivity contribution >= 4 is 10.8 Å². The molecule has 2 aromatic carbocycles. The van der Waals surface area contributed by atoms with Crippen molar-refractivity contribution in [1.29, 1.82) is 0 Å². The molecule has 1 unspecified atom stereocenters. The van der Waals surface area contributed by atoms with Crippen LogP contribution in [0.25, 0.3) is 10.8 Å². The monoisotopic (exact) mass is 279 g/mol. The first-order valence-corrected chi connectivity index (χ1v) is 7.31. The lowest BCUT2D eigenvalue weighted by atomic mass is 9.89. The van der Waals surface area contributed by atoms with E-state index in [0.717, 1.165) is 22.6 Å². The largest absolute Gasteiger partial charge is 0.466 e. The second-order valence-electron chi connectivity index (χ2n) is 5.75. The van der Waals surface area contributed by atoms with Crippen LogP contribution in [-0.4, -0.2) is 0 Å². The number of fused-ring (bicyclic) bond motifs is 1. The SMILES string of the molecule is Cc1ccc2ccccc2c1C(N)c1c(C)oc(C)c1C. The Bertz CT molecular complexity index is 814. The minimum absolute atomic E-state index is 0.159. The molecule has 0 fully saturated rings. The van der Waals surface area contributed by atoms with Crippen LogP contribution in [0.5, 0.6) is 0 Å². The van der Waals surface area contributed by atoms with Gasteiger partial charge in [0.25, 0.3) is 0 Å². The molecule has 1 heterocycles. The molecule has 0 bridgehead atoms. The Morgan fingerprint density at radius 3 is 2.24 bits per heavy atom. The van der Waals surface area contributed by atoms with Gasteiger partial charge in [-0.2, -0.15) is 0 Å². The molecule has 0 radical (unpaired) electrons. The lowest BCUT2D eigenvalue weighted by Gasteiger charge is -2.18. The molecule has 0 saturated heterocycles. The van der Waals surface area contributed by atoms with E-state index in [2.05, 4.69) is 50.2 Å². The van der Waals surface area contributed by atoms with Crippen LogP contribution in [0, 0.1) is 27.7 Å². The quantitative estimate of drug-likeness (QED) is 0.737. The van der Waals surface area contributed by atoms with Crippen LogP contribution in [0.4, 0.5) is 0 Å². The summed E-state index contributed by atoms with van der Waals surface area (Å²) in [5, 5.41) is 2.45. The van der Waals surface area contributed by atoms with Crippen molar-refractivity contribution in [1.82, 2.24) is 0 Å². The van der Waals surface area contributed by atoms with Gasteiger partial charge in [-0.3, -0.25) is 0 Å². The fourth-order valence-electron chi connectivity index (χ4n) is 3.23. The van der Waals surface area contributed by atoms with Gasteiger partial charge < -0.3 is 10.2 Å². The number of furan rings is 1. The van der Waals surface area contributed by atoms with Crippen molar-refractivity contribution in [2.24, 2.45) is 5.73 Å². The van der Waals surface area contributed by atoms with Gasteiger partial charge in [-0.15, -0.1) is 0 Å². The Hall–Kier alpha value is -2.06.